The van der Waals surface area contributed by atoms with E-state index in [2.05, 4.69) is 187 Å². The summed E-state index contributed by atoms with van der Waals surface area (Å²) in [6.45, 7) is 0. The van der Waals surface area contributed by atoms with Gasteiger partial charge in [0.1, 0.15) is 0 Å². The van der Waals surface area contributed by atoms with E-state index in [1.807, 2.05) is 0 Å². The van der Waals surface area contributed by atoms with Gasteiger partial charge >= 0.3 is 0 Å². The van der Waals surface area contributed by atoms with Gasteiger partial charge in [-0.25, -0.2) is 15.0 Å². The van der Waals surface area contributed by atoms with E-state index in [0.717, 1.165) is 52.8 Å². The molecule has 0 aliphatic heterocycles. The molecular weight excluding hydrogens is 705 g/mol. The minimum atomic E-state index is 0.670. The highest BCUT2D eigenvalue weighted by Crippen LogP contribution is 2.42. The molecule has 2 heterocycles. The van der Waals surface area contributed by atoms with Crippen molar-refractivity contribution in [3.8, 4) is 62.1 Å². The van der Waals surface area contributed by atoms with Gasteiger partial charge in [-0.2, -0.15) is 0 Å². The molecule has 7 aromatic carbocycles. The molecule has 4 nitrogen and oxygen atoms in total. The summed E-state index contributed by atoms with van der Waals surface area (Å²) in [5.74, 6) is 2.07. The molecule has 0 bridgehead atoms. The summed E-state index contributed by atoms with van der Waals surface area (Å²) in [6, 6.07) is 56.8. The molecule has 0 atom stereocenters. The predicted octanol–water partition coefficient (Wildman–Crippen LogP) is 13.0. The van der Waals surface area contributed by atoms with Crippen LogP contribution in [-0.4, -0.2) is 19.5 Å². The van der Waals surface area contributed by atoms with Crippen molar-refractivity contribution < 1.29 is 0 Å². The van der Waals surface area contributed by atoms with Crippen molar-refractivity contribution >= 4 is 27.4 Å². The highest BCUT2D eigenvalue weighted by Gasteiger charge is 2.25. The van der Waals surface area contributed by atoms with E-state index < -0.39 is 0 Å². The topological polar surface area (TPSA) is 43.6 Å². The zero-order chi connectivity index (χ0) is 38.2. The highest BCUT2D eigenvalue weighted by atomic mass is 15.0. The van der Waals surface area contributed by atoms with Gasteiger partial charge in [0.15, 0.2) is 17.5 Å². The minimum absolute atomic E-state index is 0.670. The fourth-order valence-corrected chi connectivity index (χ4v) is 9.42. The number of fused-ring (bicyclic) bond motifs is 8. The molecule has 0 saturated carbocycles. The smallest absolute Gasteiger partial charge is 0.164 e. The van der Waals surface area contributed by atoms with Crippen LogP contribution in [0.4, 0.5) is 0 Å². The Balaban J connectivity index is 0.925. The van der Waals surface area contributed by atoms with Crippen LogP contribution in [0.2, 0.25) is 0 Å². The number of aromatic nitrogens is 4. The average Bonchev–Trinajstić information content (AvgIpc) is 3.89. The standard InChI is InChI=1S/C54H36N4/c1-2-11-37-31-40-32-39(27-30-44(40)42(37)13-3-1)53-55-52(56-54(57-53)48-18-10-17-45-43-14-5-4-12-38(43)33-49(45)48)36-23-21-34(22-24-36)35-25-28-41(29-26-35)58-50-19-8-6-15-46(50)47-16-7-9-20-51(47)58/h1-10,12-30,32H,11,31,33H2. The molecule has 3 aliphatic rings. The average molecular weight is 741 g/mol. The van der Waals surface area contributed by atoms with Gasteiger partial charge in [-0.1, -0.05) is 157 Å². The second-order valence-corrected chi connectivity index (χ2v) is 15.5. The van der Waals surface area contributed by atoms with Gasteiger partial charge < -0.3 is 4.57 Å². The maximum absolute atomic E-state index is 5.24. The maximum atomic E-state index is 5.24. The third-order valence-corrected chi connectivity index (χ3v) is 12.2. The number of hydrogen-bond acceptors (Lipinski definition) is 3. The number of hydrogen-bond donors (Lipinski definition) is 0. The molecule has 0 spiro atoms. The van der Waals surface area contributed by atoms with Crippen molar-refractivity contribution in [2.24, 2.45) is 0 Å². The van der Waals surface area contributed by atoms with E-state index >= 15 is 0 Å². The van der Waals surface area contributed by atoms with E-state index in [1.54, 1.807) is 0 Å². The molecule has 9 aromatic rings. The summed E-state index contributed by atoms with van der Waals surface area (Å²) < 4.78 is 2.36. The van der Waals surface area contributed by atoms with Crippen LogP contribution >= 0.6 is 0 Å². The zero-order valence-corrected chi connectivity index (χ0v) is 31.7. The lowest BCUT2D eigenvalue weighted by Crippen LogP contribution is -2.02. The van der Waals surface area contributed by atoms with Gasteiger partial charge in [-0.3, -0.25) is 0 Å². The third-order valence-electron chi connectivity index (χ3n) is 12.2. The Hall–Kier alpha value is -7.43. The fourth-order valence-electron chi connectivity index (χ4n) is 9.42. The normalized spacial score (nSPS) is 13.8. The van der Waals surface area contributed by atoms with Crippen LogP contribution in [0.15, 0.2) is 188 Å². The van der Waals surface area contributed by atoms with Gasteiger partial charge in [-0.15, -0.1) is 0 Å². The number of rotatable bonds is 5. The van der Waals surface area contributed by atoms with Crippen LogP contribution < -0.4 is 0 Å². The predicted molar refractivity (Wildman–Crippen MR) is 238 cm³/mol. The van der Waals surface area contributed by atoms with Crippen LogP contribution in [0.3, 0.4) is 0 Å². The second-order valence-electron chi connectivity index (χ2n) is 15.5. The van der Waals surface area contributed by atoms with Crippen LogP contribution in [0.1, 0.15) is 28.7 Å². The molecule has 4 heteroatoms. The summed E-state index contributed by atoms with van der Waals surface area (Å²) in [5, 5.41) is 2.53. The van der Waals surface area contributed by atoms with Gasteiger partial charge in [0.25, 0.3) is 0 Å². The van der Waals surface area contributed by atoms with Gasteiger partial charge in [0, 0.05) is 33.2 Å². The van der Waals surface area contributed by atoms with Crippen molar-refractivity contribution in [3.63, 3.8) is 0 Å². The van der Waals surface area contributed by atoms with Crippen molar-refractivity contribution in [1.82, 2.24) is 19.5 Å². The summed E-state index contributed by atoms with van der Waals surface area (Å²) in [7, 11) is 0. The first-order chi connectivity index (χ1) is 28.7. The van der Waals surface area contributed by atoms with Crippen LogP contribution in [0, 0.1) is 0 Å². The molecule has 12 rings (SSSR count). The van der Waals surface area contributed by atoms with Gasteiger partial charge in [0.05, 0.1) is 11.0 Å². The summed E-state index contributed by atoms with van der Waals surface area (Å²) >= 11 is 0. The van der Waals surface area contributed by atoms with E-state index in [4.69, 9.17) is 15.0 Å². The molecule has 0 amide bonds. The Bertz CT molecular complexity index is 3180. The second kappa shape index (κ2) is 13.1. The van der Waals surface area contributed by atoms with Crippen molar-refractivity contribution in [3.05, 3.63) is 210 Å². The molecule has 58 heavy (non-hydrogen) atoms. The van der Waals surface area contributed by atoms with Crippen LogP contribution in [0.25, 0.3) is 89.5 Å². The first kappa shape index (κ1) is 32.8. The lowest BCUT2D eigenvalue weighted by atomic mass is 10.00. The molecule has 2 aromatic heterocycles. The van der Waals surface area contributed by atoms with Crippen molar-refractivity contribution in [1.29, 1.82) is 0 Å². The zero-order valence-electron chi connectivity index (χ0n) is 31.7. The number of para-hydroxylation sites is 2. The van der Waals surface area contributed by atoms with Gasteiger partial charge in [-0.05, 0) is 99.7 Å². The fraction of sp³-hybridized carbons (Fsp3) is 0.0556. The van der Waals surface area contributed by atoms with Gasteiger partial charge in [0.2, 0.25) is 0 Å². The quantitative estimate of drug-likeness (QED) is 0.176. The van der Waals surface area contributed by atoms with E-state index in [9.17, 15) is 0 Å². The number of allylic oxidation sites excluding steroid dienone is 6. The first-order valence-corrected chi connectivity index (χ1v) is 20.1. The third kappa shape index (κ3) is 5.26. The molecule has 0 saturated heterocycles. The first-order valence-electron chi connectivity index (χ1n) is 20.1. The van der Waals surface area contributed by atoms with Crippen molar-refractivity contribution in [2.45, 2.75) is 19.3 Å². The Morgan fingerprint density at radius 3 is 1.84 bits per heavy atom. The molecule has 272 valence electrons. The molecule has 0 unspecified atom stereocenters. The summed E-state index contributed by atoms with van der Waals surface area (Å²) in [4.78, 5) is 15.7. The molecule has 3 aliphatic carbocycles. The Labute approximate surface area is 336 Å². The molecule has 0 radical (unpaired) electrons. The SMILES string of the molecule is C1=CCC2=C(C=C1)c1ccc(-c3nc(-c4ccc(-c5ccc(-n6c7ccccc7c7ccccc76)cc5)cc4)nc(-c4cccc5c4Cc4ccccc4-5)n3)cc1C2. The van der Waals surface area contributed by atoms with Crippen LogP contribution in [0.5, 0.6) is 0 Å². The van der Waals surface area contributed by atoms with Crippen molar-refractivity contribution in [2.75, 3.05) is 0 Å². The Kier molecular flexibility index (Phi) is 7.39. The minimum Gasteiger partial charge on any atom is -0.309 e. The van der Waals surface area contributed by atoms with E-state index in [1.165, 1.54) is 66.3 Å². The molecular formula is C54H36N4. The Morgan fingerprint density at radius 1 is 0.431 bits per heavy atom. The Morgan fingerprint density at radius 2 is 1.05 bits per heavy atom. The van der Waals surface area contributed by atoms with E-state index in [-0.39, 0.29) is 0 Å². The summed E-state index contributed by atoms with van der Waals surface area (Å²) in [6.07, 6.45) is 11.6. The monoisotopic (exact) mass is 740 g/mol. The summed E-state index contributed by atoms with van der Waals surface area (Å²) in [5.41, 5.74) is 19.5. The lowest BCUT2D eigenvalue weighted by molar-refractivity contribution is 1.06. The lowest BCUT2D eigenvalue weighted by Gasteiger charge is -2.13. The number of nitrogens with zero attached hydrogens (tertiary/aromatic N) is 4. The maximum Gasteiger partial charge on any atom is 0.164 e. The number of benzene rings is 7. The highest BCUT2D eigenvalue weighted by molar-refractivity contribution is 6.09. The van der Waals surface area contributed by atoms with Crippen LogP contribution in [-0.2, 0) is 12.8 Å². The van der Waals surface area contributed by atoms with E-state index in [0.29, 0.717) is 17.5 Å². The molecule has 0 N–H and O–H groups in total. The molecule has 0 fully saturated rings. The largest absolute Gasteiger partial charge is 0.309 e.